The maximum Gasteiger partial charge on any atom is 0.408 e. The van der Waals surface area contributed by atoms with E-state index < -0.39 is 65.9 Å². The van der Waals surface area contributed by atoms with Crippen LogP contribution < -0.4 is 21.3 Å². The lowest BCUT2D eigenvalue weighted by molar-refractivity contribution is -0.147. The summed E-state index contributed by atoms with van der Waals surface area (Å²) in [5.74, 6) is -4.20. The molecule has 3 fully saturated rings. The van der Waals surface area contributed by atoms with Crippen LogP contribution in [0.25, 0.3) is 0 Å². The molecule has 6 amide bonds. The van der Waals surface area contributed by atoms with Gasteiger partial charge in [-0.25, -0.2) is 4.79 Å². The van der Waals surface area contributed by atoms with E-state index >= 15 is 0 Å². The molecule has 1 aromatic carbocycles. The molecule has 14 nitrogen and oxygen atoms in total. The van der Waals surface area contributed by atoms with Crippen LogP contribution in [0.2, 0.25) is 0 Å². The molecular formula is C39H58N6O8. The molecule has 4 rings (SSSR count). The average molecular weight is 739 g/mol. The smallest absolute Gasteiger partial charge is 0.408 e. The molecule has 5 unspecified atom stereocenters. The molecule has 0 aromatic heterocycles. The second-order valence-electron chi connectivity index (χ2n) is 16.3. The molecule has 1 aromatic rings. The number of fused-ring (bicyclic) bond motifs is 2. The standard InChI is InChI=1S/C39H58N6O8/c1-23(2)20-28(33(47)35(49)40-22-29(46)42-30(36(50)44(6)7)24-14-10-8-11-15-24)41-34(48)32-26-18-19-27(21-26)45(32)37(51)31(25-16-12-9-13-17-25)43-38(52)53-39(3,4)5/h8,10-11,14-15,23,25-28,30-32H,9,12-13,16-22H2,1-7H3,(H,40,49)(H,41,48)(H,42,46)(H,43,52)/t26?,27?,28?,30?,31-,32?/m1/s1. The lowest BCUT2D eigenvalue weighted by Crippen LogP contribution is -2.61. The minimum atomic E-state index is -1.21. The highest BCUT2D eigenvalue weighted by molar-refractivity contribution is 6.38. The van der Waals surface area contributed by atoms with E-state index in [1.165, 1.54) is 4.90 Å². The van der Waals surface area contributed by atoms with E-state index in [2.05, 4.69) is 21.3 Å². The van der Waals surface area contributed by atoms with Gasteiger partial charge < -0.3 is 35.8 Å². The number of hydrogen-bond acceptors (Lipinski definition) is 8. The Morgan fingerprint density at radius 3 is 2.15 bits per heavy atom. The van der Waals surface area contributed by atoms with Gasteiger partial charge >= 0.3 is 6.09 Å². The molecular weight excluding hydrogens is 680 g/mol. The van der Waals surface area contributed by atoms with Crippen LogP contribution in [-0.2, 0) is 33.5 Å². The van der Waals surface area contributed by atoms with E-state index in [0.29, 0.717) is 12.0 Å². The van der Waals surface area contributed by atoms with E-state index in [1.807, 2.05) is 13.8 Å². The van der Waals surface area contributed by atoms with Gasteiger partial charge in [-0.2, -0.15) is 0 Å². The predicted molar refractivity (Wildman–Crippen MR) is 197 cm³/mol. The molecule has 1 aliphatic heterocycles. The van der Waals surface area contributed by atoms with Gasteiger partial charge in [0.1, 0.15) is 23.7 Å². The number of nitrogens with zero attached hydrogens (tertiary/aromatic N) is 2. The highest BCUT2D eigenvalue weighted by Crippen LogP contribution is 2.44. The monoisotopic (exact) mass is 738 g/mol. The summed E-state index contributed by atoms with van der Waals surface area (Å²) in [6.07, 6.45) is 6.02. The molecule has 6 atom stereocenters. The summed E-state index contributed by atoms with van der Waals surface area (Å²) in [5, 5.41) is 10.6. The summed E-state index contributed by atoms with van der Waals surface area (Å²) >= 11 is 0. The molecule has 14 heteroatoms. The molecule has 0 spiro atoms. The summed E-state index contributed by atoms with van der Waals surface area (Å²) in [5.41, 5.74) is -0.205. The molecule has 3 aliphatic rings. The molecule has 2 saturated carbocycles. The Labute approximate surface area is 312 Å². The second-order valence-corrected chi connectivity index (χ2v) is 16.3. The molecule has 0 radical (unpaired) electrons. The van der Waals surface area contributed by atoms with Crippen molar-refractivity contribution in [2.45, 2.75) is 128 Å². The summed E-state index contributed by atoms with van der Waals surface area (Å²) in [6.45, 7) is 8.40. The number of carbonyl (C=O) groups is 7. The highest BCUT2D eigenvalue weighted by Gasteiger charge is 2.53. The van der Waals surface area contributed by atoms with Crippen LogP contribution in [0.5, 0.6) is 0 Å². The number of likely N-dealkylation sites (tertiary alicyclic amines) is 1. The van der Waals surface area contributed by atoms with Gasteiger partial charge in [0.2, 0.25) is 29.4 Å². The van der Waals surface area contributed by atoms with Crippen molar-refractivity contribution in [3.63, 3.8) is 0 Å². The van der Waals surface area contributed by atoms with Crippen LogP contribution in [0.3, 0.4) is 0 Å². The Kier molecular flexibility index (Phi) is 14.0. The fourth-order valence-electron chi connectivity index (χ4n) is 7.86. The number of carbonyl (C=O) groups excluding carboxylic acids is 7. The Balaban J connectivity index is 1.46. The van der Waals surface area contributed by atoms with Crippen molar-refractivity contribution in [3.8, 4) is 0 Å². The van der Waals surface area contributed by atoms with Crippen LogP contribution >= 0.6 is 0 Å². The number of amides is 6. The van der Waals surface area contributed by atoms with E-state index in [0.717, 1.165) is 44.9 Å². The van der Waals surface area contributed by atoms with Crippen LogP contribution in [0.4, 0.5) is 4.79 Å². The van der Waals surface area contributed by atoms with Gasteiger partial charge in [0.25, 0.3) is 5.91 Å². The van der Waals surface area contributed by atoms with Crippen molar-refractivity contribution in [2.75, 3.05) is 20.6 Å². The molecule has 2 bridgehead atoms. The number of hydrogen-bond donors (Lipinski definition) is 4. The van der Waals surface area contributed by atoms with E-state index in [1.54, 1.807) is 70.1 Å². The SMILES string of the molecule is CC(C)CC(NC(=O)C1C2CCC(C2)N1C(=O)[C@H](NC(=O)OC(C)(C)C)C1CCCCC1)C(=O)C(=O)NCC(=O)NC(C(=O)N(C)C)c1ccccc1. The molecule has 1 saturated heterocycles. The highest BCUT2D eigenvalue weighted by atomic mass is 16.6. The van der Waals surface area contributed by atoms with Gasteiger partial charge in [0.15, 0.2) is 0 Å². The summed E-state index contributed by atoms with van der Waals surface area (Å²) in [7, 11) is 3.13. The zero-order valence-corrected chi connectivity index (χ0v) is 32.2. The quantitative estimate of drug-likeness (QED) is 0.210. The number of piperidine rings is 1. The zero-order valence-electron chi connectivity index (χ0n) is 32.2. The van der Waals surface area contributed by atoms with E-state index in [-0.39, 0.29) is 42.0 Å². The minimum absolute atomic E-state index is 0.0875. The number of alkyl carbamates (subject to hydrolysis) is 1. The van der Waals surface area contributed by atoms with Crippen LogP contribution in [0.15, 0.2) is 30.3 Å². The molecule has 292 valence electrons. The van der Waals surface area contributed by atoms with Gasteiger partial charge in [-0.05, 0) is 82.6 Å². The third kappa shape index (κ3) is 11.0. The third-order valence-electron chi connectivity index (χ3n) is 10.3. The summed E-state index contributed by atoms with van der Waals surface area (Å²) in [6, 6.07) is 4.55. The first kappa shape index (κ1) is 41.3. The number of Topliss-reactive ketones (excluding diaryl/α,β-unsaturated/α-hetero) is 1. The van der Waals surface area contributed by atoms with Gasteiger partial charge in [-0.1, -0.05) is 63.4 Å². The Hall–Kier alpha value is -4.49. The van der Waals surface area contributed by atoms with Crippen molar-refractivity contribution >= 4 is 41.4 Å². The summed E-state index contributed by atoms with van der Waals surface area (Å²) in [4.78, 5) is 96.9. The van der Waals surface area contributed by atoms with Crippen molar-refractivity contribution in [3.05, 3.63) is 35.9 Å². The van der Waals surface area contributed by atoms with Crippen molar-refractivity contribution in [1.82, 2.24) is 31.1 Å². The largest absolute Gasteiger partial charge is 0.444 e. The maximum absolute atomic E-state index is 14.4. The van der Waals surface area contributed by atoms with Gasteiger partial charge in [-0.15, -0.1) is 0 Å². The first-order chi connectivity index (χ1) is 25.0. The van der Waals surface area contributed by atoms with Crippen molar-refractivity contribution in [1.29, 1.82) is 0 Å². The first-order valence-corrected chi connectivity index (χ1v) is 19.0. The lowest BCUT2D eigenvalue weighted by Gasteiger charge is -2.40. The number of rotatable bonds is 14. The second kappa shape index (κ2) is 18.0. The number of nitrogens with one attached hydrogen (secondary N) is 4. The average Bonchev–Trinajstić information content (AvgIpc) is 3.73. The molecule has 2 aliphatic carbocycles. The van der Waals surface area contributed by atoms with Crippen LogP contribution in [0.1, 0.15) is 104 Å². The number of likely N-dealkylation sites (N-methyl/N-ethyl adjacent to an activating group) is 1. The van der Waals surface area contributed by atoms with E-state index in [9.17, 15) is 33.6 Å². The molecule has 4 N–H and O–H groups in total. The Morgan fingerprint density at radius 1 is 0.887 bits per heavy atom. The van der Waals surface area contributed by atoms with Gasteiger partial charge in [-0.3, -0.25) is 28.8 Å². The fourth-order valence-corrected chi connectivity index (χ4v) is 7.86. The maximum atomic E-state index is 14.4. The number of ketones is 1. The van der Waals surface area contributed by atoms with Crippen molar-refractivity contribution < 1.29 is 38.3 Å². The molecule has 1 heterocycles. The van der Waals surface area contributed by atoms with Crippen molar-refractivity contribution in [2.24, 2.45) is 17.8 Å². The number of ether oxygens (including phenoxy) is 1. The third-order valence-corrected chi connectivity index (χ3v) is 10.3. The van der Waals surface area contributed by atoms with E-state index in [4.69, 9.17) is 4.74 Å². The minimum Gasteiger partial charge on any atom is -0.444 e. The zero-order chi connectivity index (χ0) is 39.0. The topological polar surface area (TPSA) is 183 Å². The number of benzene rings is 1. The van der Waals surface area contributed by atoms with Crippen LogP contribution in [0, 0.1) is 17.8 Å². The first-order valence-electron chi connectivity index (χ1n) is 19.0. The summed E-state index contributed by atoms with van der Waals surface area (Å²) < 4.78 is 5.52. The lowest BCUT2D eigenvalue weighted by atomic mass is 9.83. The van der Waals surface area contributed by atoms with Crippen LogP contribution in [-0.4, -0.2) is 102 Å². The molecule has 53 heavy (non-hydrogen) atoms. The normalized spacial score (nSPS) is 21.6. The fraction of sp³-hybridized carbons (Fsp3) is 0.667. The Bertz CT molecular complexity index is 1500. The van der Waals surface area contributed by atoms with Gasteiger partial charge in [0, 0.05) is 20.1 Å². The predicted octanol–water partition coefficient (Wildman–Crippen LogP) is 3.00. The van der Waals surface area contributed by atoms with Gasteiger partial charge in [0.05, 0.1) is 12.6 Å². The Morgan fingerprint density at radius 2 is 1.55 bits per heavy atom.